The van der Waals surface area contributed by atoms with Crippen LogP contribution in [0.15, 0.2) is 0 Å². The van der Waals surface area contributed by atoms with Gasteiger partial charge in [0.25, 0.3) is 6.64 Å². The summed E-state index contributed by atoms with van der Waals surface area (Å²) in [6.45, 7) is 1.03. The van der Waals surface area contributed by atoms with Crippen molar-refractivity contribution < 1.29 is 18.2 Å². The molecule has 0 saturated heterocycles. The van der Waals surface area contributed by atoms with E-state index < -0.39 is 12.8 Å². The summed E-state index contributed by atoms with van der Waals surface area (Å²) in [5.74, 6) is 0. The van der Waals surface area contributed by atoms with Gasteiger partial charge in [-0.05, 0) is 25.7 Å². The fraction of sp³-hybridized carbons (Fsp3) is 0.857. The predicted octanol–water partition coefficient (Wildman–Crippen LogP) is 2.80. The summed E-state index contributed by atoms with van der Waals surface area (Å²) in [6, 6.07) is -0.0578. The van der Waals surface area contributed by atoms with Crippen molar-refractivity contribution in [3.05, 3.63) is 0 Å². The van der Waals surface area contributed by atoms with Gasteiger partial charge in [0.15, 0.2) is 0 Å². The molecule has 96 valence electrons. The standard InChI is InChI=1S/C7H16FN2O3PS2/c1-6(2)10(14(15,12-4)13-5)16-9(3)7(8)11/h6H,1-5H3. The van der Waals surface area contributed by atoms with E-state index in [1.807, 2.05) is 13.8 Å². The zero-order valence-corrected chi connectivity index (χ0v) is 12.4. The van der Waals surface area contributed by atoms with Gasteiger partial charge in [0.1, 0.15) is 0 Å². The molecule has 0 atom stereocenters. The number of nitrogens with zero attached hydrogens (tertiary/aromatic N) is 2. The van der Waals surface area contributed by atoms with Crippen LogP contribution in [0.4, 0.5) is 9.18 Å². The lowest BCUT2D eigenvalue weighted by Crippen LogP contribution is -2.28. The average Bonchev–Trinajstić information content (AvgIpc) is 2.23. The summed E-state index contributed by atoms with van der Waals surface area (Å²) in [4.78, 5) is 10.5. The highest BCUT2D eigenvalue weighted by Gasteiger charge is 2.32. The van der Waals surface area contributed by atoms with Crippen LogP contribution in [0, 0.1) is 0 Å². The molecule has 0 bridgehead atoms. The molecule has 1 amide bonds. The number of rotatable bonds is 6. The topological polar surface area (TPSA) is 42.0 Å². The Balaban J connectivity index is 4.88. The van der Waals surface area contributed by atoms with Gasteiger partial charge < -0.3 is 9.05 Å². The lowest BCUT2D eigenvalue weighted by Gasteiger charge is -2.34. The van der Waals surface area contributed by atoms with Crippen LogP contribution in [0.5, 0.6) is 0 Å². The van der Waals surface area contributed by atoms with Gasteiger partial charge in [-0.2, -0.15) is 4.08 Å². The van der Waals surface area contributed by atoms with E-state index in [2.05, 4.69) is 0 Å². The molecule has 16 heavy (non-hydrogen) atoms. The zero-order valence-electron chi connectivity index (χ0n) is 9.84. The first-order chi connectivity index (χ1) is 7.28. The zero-order chi connectivity index (χ0) is 12.9. The fourth-order valence-corrected chi connectivity index (χ4v) is 4.28. The van der Waals surface area contributed by atoms with Crippen molar-refractivity contribution >= 4 is 36.7 Å². The van der Waals surface area contributed by atoms with Gasteiger partial charge in [-0.3, -0.25) is 0 Å². The highest BCUT2D eigenvalue weighted by atomic mass is 32.5. The first-order valence-electron chi connectivity index (χ1n) is 4.41. The van der Waals surface area contributed by atoms with E-state index >= 15 is 0 Å². The summed E-state index contributed by atoms with van der Waals surface area (Å²) in [7, 11) is 4.17. The monoisotopic (exact) mass is 290 g/mol. The Morgan fingerprint density at radius 2 is 1.88 bits per heavy atom. The van der Waals surface area contributed by atoms with Crippen LogP contribution in [0.1, 0.15) is 13.8 Å². The van der Waals surface area contributed by atoms with Crippen LogP contribution in [-0.4, -0.2) is 41.9 Å². The minimum Gasteiger partial charge on any atom is -0.321 e. The molecule has 0 spiro atoms. The number of hydrogen-bond donors (Lipinski definition) is 0. The van der Waals surface area contributed by atoms with Crippen molar-refractivity contribution in [1.82, 2.24) is 8.38 Å². The number of amides is 1. The summed E-state index contributed by atoms with van der Waals surface area (Å²) < 4.78 is 25.1. The van der Waals surface area contributed by atoms with Crippen LogP contribution in [0.2, 0.25) is 0 Å². The molecule has 0 aliphatic rings. The van der Waals surface area contributed by atoms with E-state index in [0.29, 0.717) is 0 Å². The first-order valence-corrected chi connectivity index (χ1v) is 7.73. The Bertz CT molecular complexity index is 285. The Morgan fingerprint density at radius 1 is 1.44 bits per heavy atom. The van der Waals surface area contributed by atoms with Crippen molar-refractivity contribution in [2.45, 2.75) is 19.9 Å². The van der Waals surface area contributed by atoms with Gasteiger partial charge in [-0.1, -0.05) is 0 Å². The van der Waals surface area contributed by atoms with Crippen LogP contribution >= 0.6 is 18.8 Å². The van der Waals surface area contributed by atoms with Gasteiger partial charge in [0.2, 0.25) is 0 Å². The summed E-state index contributed by atoms with van der Waals surface area (Å²) in [5, 5.41) is 0. The van der Waals surface area contributed by atoms with E-state index in [-0.39, 0.29) is 6.04 Å². The second-order valence-corrected chi connectivity index (χ2v) is 7.92. The van der Waals surface area contributed by atoms with Gasteiger partial charge in [0.05, 0.1) is 12.1 Å². The summed E-state index contributed by atoms with van der Waals surface area (Å²) >= 11 is 6.07. The smallest absolute Gasteiger partial charge is 0.321 e. The van der Waals surface area contributed by atoms with E-state index in [0.717, 1.165) is 16.4 Å². The number of carbonyl (C=O) groups excluding carboxylic acids is 1. The van der Waals surface area contributed by atoms with Gasteiger partial charge in [-0.25, -0.2) is 9.10 Å². The Kier molecular flexibility index (Phi) is 7.00. The van der Waals surface area contributed by atoms with Crippen molar-refractivity contribution in [2.24, 2.45) is 0 Å². The largest absolute Gasteiger partial charge is 0.410 e. The SMILES string of the molecule is COP(=S)(OC)N(SN(C)C(=O)F)C(C)C. The molecule has 0 fully saturated rings. The maximum Gasteiger partial charge on any atom is 0.410 e. The molecule has 0 aromatic carbocycles. The molecule has 0 unspecified atom stereocenters. The fourth-order valence-electron chi connectivity index (χ4n) is 0.815. The first kappa shape index (κ1) is 16.3. The molecule has 0 aromatic rings. The van der Waals surface area contributed by atoms with Gasteiger partial charge >= 0.3 is 6.16 Å². The highest BCUT2D eigenvalue weighted by Crippen LogP contribution is 2.56. The molecule has 0 radical (unpaired) electrons. The molecular formula is C7H16FN2O3PS2. The number of halogens is 1. The van der Waals surface area contributed by atoms with E-state index in [1.54, 1.807) is 4.08 Å². The Hall–Kier alpha value is 0.280. The average molecular weight is 290 g/mol. The van der Waals surface area contributed by atoms with Crippen molar-refractivity contribution in [3.63, 3.8) is 0 Å². The van der Waals surface area contributed by atoms with Crippen molar-refractivity contribution in [3.8, 4) is 0 Å². The quantitative estimate of drug-likeness (QED) is 0.324. The maximum absolute atomic E-state index is 12.5. The minimum atomic E-state index is -2.67. The molecule has 5 nitrogen and oxygen atoms in total. The summed E-state index contributed by atoms with van der Waals surface area (Å²) in [6.07, 6.45) is -1.55. The van der Waals surface area contributed by atoms with Crippen LogP contribution in [-0.2, 0) is 20.9 Å². The summed E-state index contributed by atoms with van der Waals surface area (Å²) in [5.41, 5.74) is 0. The van der Waals surface area contributed by atoms with Crippen LogP contribution < -0.4 is 0 Å². The van der Waals surface area contributed by atoms with E-state index in [4.69, 9.17) is 20.9 Å². The number of hydrogen-bond acceptors (Lipinski definition) is 5. The lowest BCUT2D eigenvalue weighted by molar-refractivity contribution is 0.208. The molecule has 0 aliphatic carbocycles. The number of carbonyl (C=O) groups is 1. The lowest BCUT2D eigenvalue weighted by atomic mass is 10.4. The molecular weight excluding hydrogens is 274 g/mol. The van der Waals surface area contributed by atoms with Gasteiger partial charge in [0, 0.05) is 27.3 Å². The van der Waals surface area contributed by atoms with Crippen LogP contribution in [0.25, 0.3) is 0 Å². The molecule has 0 rings (SSSR count). The van der Waals surface area contributed by atoms with Crippen molar-refractivity contribution in [2.75, 3.05) is 21.3 Å². The second kappa shape index (κ2) is 6.88. The Labute approximate surface area is 105 Å². The third kappa shape index (κ3) is 4.27. The molecule has 9 heteroatoms. The van der Waals surface area contributed by atoms with E-state index in [9.17, 15) is 9.18 Å². The normalized spacial score (nSPS) is 12.2. The molecule has 0 heterocycles. The highest BCUT2D eigenvalue weighted by molar-refractivity contribution is 8.15. The predicted molar refractivity (Wildman–Crippen MR) is 67.1 cm³/mol. The molecule has 0 aliphatic heterocycles. The van der Waals surface area contributed by atoms with Crippen LogP contribution in [0.3, 0.4) is 0 Å². The third-order valence-electron chi connectivity index (χ3n) is 1.60. The molecule has 0 aromatic heterocycles. The maximum atomic E-state index is 12.5. The second-order valence-electron chi connectivity index (χ2n) is 3.06. The van der Waals surface area contributed by atoms with Crippen molar-refractivity contribution in [1.29, 1.82) is 0 Å². The Morgan fingerprint density at radius 3 is 2.12 bits per heavy atom. The molecule has 0 saturated carbocycles. The minimum absolute atomic E-state index is 0.0578. The molecule has 0 N–H and O–H groups in total. The third-order valence-corrected chi connectivity index (χ3v) is 7.04. The van der Waals surface area contributed by atoms with Gasteiger partial charge in [-0.15, -0.1) is 4.39 Å². The van der Waals surface area contributed by atoms with E-state index in [1.165, 1.54) is 21.3 Å².